The Balaban J connectivity index is 2.17. The fourth-order valence-corrected chi connectivity index (χ4v) is 2.28. The SMILES string of the molecule is Nc1ccc(Br)c(-c2nnnn2-c2ccc(F)c(F)c2)c1. The largest absolute Gasteiger partial charge is 0.399 e. The van der Waals surface area contributed by atoms with Crippen LogP contribution in [0.5, 0.6) is 0 Å². The maximum Gasteiger partial charge on any atom is 0.188 e. The number of hydrogen-bond donors (Lipinski definition) is 1. The summed E-state index contributed by atoms with van der Waals surface area (Å²) in [7, 11) is 0. The number of tetrazole rings is 1. The zero-order valence-electron chi connectivity index (χ0n) is 10.5. The number of nitrogens with two attached hydrogens (primary N) is 1. The highest BCUT2D eigenvalue weighted by molar-refractivity contribution is 9.10. The molecule has 3 rings (SSSR count). The molecule has 0 atom stereocenters. The zero-order valence-corrected chi connectivity index (χ0v) is 12.1. The molecule has 1 aromatic heterocycles. The molecule has 3 aromatic rings. The summed E-state index contributed by atoms with van der Waals surface area (Å²) in [5, 5.41) is 11.3. The van der Waals surface area contributed by atoms with Gasteiger partial charge in [-0.05, 0) is 40.8 Å². The Morgan fingerprint density at radius 3 is 2.62 bits per heavy atom. The molecule has 2 N–H and O–H groups in total. The summed E-state index contributed by atoms with van der Waals surface area (Å²) in [6, 6.07) is 8.60. The van der Waals surface area contributed by atoms with Crippen LogP contribution in [-0.4, -0.2) is 20.2 Å². The number of rotatable bonds is 2. The molecule has 0 unspecified atom stereocenters. The Hall–Kier alpha value is -2.35. The maximum atomic E-state index is 13.4. The summed E-state index contributed by atoms with van der Waals surface area (Å²) in [6.45, 7) is 0. The van der Waals surface area contributed by atoms with Crippen LogP contribution in [0, 0.1) is 11.6 Å². The van der Waals surface area contributed by atoms with Gasteiger partial charge in [0.15, 0.2) is 17.5 Å². The van der Waals surface area contributed by atoms with Crippen LogP contribution in [0.1, 0.15) is 0 Å². The van der Waals surface area contributed by atoms with Crippen LogP contribution in [0.15, 0.2) is 40.9 Å². The van der Waals surface area contributed by atoms with E-state index >= 15 is 0 Å². The lowest BCUT2D eigenvalue weighted by Gasteiger charge is -2.07. The van der Waals surface area contributed by atoms with Crippen molar-refractivity contribution in [3.05, 3.63) is 52.5 Å². The number of nitrogen functional groups attached to an aromatic ring is 1. The quantitative estimate of drug-likeness (QED) is 0.720. The van der Waals surface area contributed by atoms with E-state index in [-0.39, 0.29) is 0 Å². The number of aromatic nitrogens is 4. The molecule has 0 aliphatic carbocycles. The highest BCUT2D eigenvalue weighted by Gasteiger charge is 2.15. The lowest BCUT2D eigenvalue weighted by Crippen LogP contribution is -2.02. The number of nitrogens with zero attached hydrogens (tertiary/aromatic N) is 4. The molecule has 2 aromatic carbocycles. The smallest absolute Gasteiger partial charge is 0.188 e. The third kappa shape index (κ3) is 2.49. The van der Waals surface area contributed by atoms with Crippen molar-refractivity contribution in [3.8, 4) is 17.1 Å². The van der Waals surface area contributed by atoms with Crippen LogP contribution in [0.4, 0.5) is 14.5 Å². The van der Waals surface area contributed by atoms with Gasteiger partial charge in [0.05, 0.1) is 5.69 Å². The van der Waals surface area contributed by atoms with Crippen LogP contribution in [0.25, 0.3) is 17.1 Å². The zero-order chi connectivity index (χ0) is 15.0. The fraction of sp³-hybridized carbons (Fsp3) is 0. The van der Waals surface area contributed by atoms with E-state index in [1.807, 2.05) is 0 Å². The monoisotopic (exact) mass is 351 g/mol. The van der Waals surface area contributed by atoms with Crippen LogP contribution >= 0.6 is 15.9 Å². The highest BCUT2D eigenvalue weighted by Crippen LogP contribution is 2.29. The number of hydrogen-bond acceptors (Lipinski definition) is 4. The van der Waals surface area contributed by atoms with Crippen LogP contribution in [0.2, 0.25) is 0 Å². The van der Waals surface area contributed by atoms with Gasteiger partial charge in [-0.15, -0.1) is 5.10 Å². The molecule has 0 radical (unpaired) electrons. The van der Waals surface area contributed by atoms with Gasteiger partial charge in [0, 0.05) is 21.8 Å². The molecule has 0 amide bonds. The number of halogens is 3. The predicted octanol–water partition coefficient (Wildman–Crippen LogP) is 2.95. The standard InChI is InChI=1S/C13H8BrF2N5/c14-10-3-1-7(17)5-9(10)13-18-19-20-21(13)8-2-4-11(15)12(16)6-8/h1-6H,17H2. The van der Waals surface area contributed by atoms with E-state index in [1.54, 1.807) is 18.2 Å². The lowest BCUT2D eigenvalue weighted by molar-refractivity contribution is 0.507. The first-order chi connectivity index (χ1) is 10.1. The van der Waals surface area contributed by atoms with E-state index in [9.17, 15) is 8.78 Å². The van der Waals surface area contributed by atoms with Crippen molar-refractivity contribution in [2.45, 2.75) is 0 Å². The molecule has 106 valence electrons. The second-order valence-corrected chi connectivity index (χ2v) is 5.11. The first-order valence-electron chi connectivity index (χ1n) is 5.85. The topological polar surface area (TPSA) is 69.6 Å². The minimum Gasteiger partial charge on any atom is -0.399 e. The molecule has 0 saturated heterocycles. The average Bonchev–Trinajstić information content (AvgIpc) is 2.93. The fourth-order valence-electron chi connectivity index (χ4n) is 1.86. The highest BCUT2D eigenvalue weighted by atomic mass is 79.9. The van der Waals surface area contributed by atoms with E-state index in [2.05, 4.69) is 31.5 Å². The number of anilines is 1. The Kier molecular flexibility index (Phi) is 3.38. The van der Waals surface area contributed by atoms with Crippen molar-refractivity contribution in [1.29, 1.82) is 0 Å². The summed E-state index contributed by atoms with van der Waals surface area (Å²) >= 11 is 3.39. The Bertz CT molecular complexity index is 818. The Morgan fingerprint density at radius 1 is 1.05 bits per heavy atom. The van der Waals surface area contributed by atoms with Crippen molar-refractivity contribution in [1.82, 2.24) is 20.2 Å². The van der Waals surface area contributed by atoms with E-state index < -0.39 is 11.6 Å². The van der Waals surface area contributed by atoms with Crippen molar-refractivity contribution >= 4 is 21.6 Å². The molecule has 0 spiro atoms. The van der Waals surface area contributed by atoms with Crippen molar-refractivity contribution in [2.75, 3.05) is 5.73 Å². The minimum absolute atomic E-state index is 0.309. The van der Waals surface area contributed by atoms with E-state index in [0.29, 0.717) is 22.8 Å². The normalized spacial score (nSPS) is 10.8. The Labute approximate surface area is 126 Å². The molecule has 0 aliphatic heterocycles. The van der Waals surface area contributed by atoms with Gasteiger partial charge in [-0.3, -0.25) is 0 Å². The van der Waals surface area contributed by atoms with E-state index in [4.69, 9.17) is 5.73 Å². The molecule has 0 aliphatic rings. The molecule has 0 fully saturated rings. The summed E-state index contributed by atoms with van der Waals surface area (Å²) in [6.07, 6.45) is 0. The third-order valence-corrected chi connectivity index (χ3v) is 3.54. The van der Waals surface area contributed by atoms with Gasteiger partial charge in [0.2, 0.25) is 0 Å². The molecule has 8 heteroatoms. The summed E-state index contributed by atoms with van der Waals surface area (Å²) < 4.78 is 28.4. The minimum atomic E-state index is -0.972. The van der Waals surface area contributed by atoms with Crippen LogP contribution < -0.4 is 5.73 Å². The molecule has 21 heavy (non-hydrogen) atoms. The molecule has 5 nitrogen and oxygen atoms in total. The molecule has 1 heterocycles. The van der Waals surface area contributed by atoms with Crippen molar-refractivity contribution in [2.24, 2.45) is 0 Å². The molecule has 0 saturated carbocycles. The average molecular weight is 352 g/mol. The van der Waals surface area contributed by atoms with Gasteiger partial charge in [0.1, 0.15) is 0 Å². The van der Waals surface area contributed by atoms with Crippen LogP contribution in [0.3, 0.4) is 0 Å². The van der Waals surface area contributed by atoms with Gasteiger partial charge >= 0.3 is 0 Å². The van der Waals surface area contributed by atoms with Gasteiger partial charge in [-0.2, -0.15) is 4.68 Å². The van der Waals surface area contributed by atoms with Gasteiger partial charge in [-0.25, -0.2) is 8.78 Å². The first-order valence-corrected chi connectivity index (χ1v) is 6.65. The summed E-state index contributed by atoms with van der Waals surface area (Å²) in [4.78, 5) is 0. The Morgan fingerprint density at radius 2 is 1.86 bits per heavy atom. The summed E-state index contributed by atoms with van der Waals surface area (Å²) in [5.74, 6) is -1.54. The number of benzene rings is 2. The van der Waals surface area contributed by atoms with Crippen molar-refractivity contribution < 1.29 is 8.78 Å². The second-order valence-electron chi connectivity index (χ2n) is 4.25. The molecular formula is C13H8BrF2N5. The summed E-state index contributed by atoms with van der Waals surface area (Å²) in [5.41, 5.74) is 7.25. The van der Waals surface area contributed by atoms with Gasteiger partial charge in [-0.1, -0.05) is 15.9 Å². The first kappa shape index (κ1) is 13.6. The van der Waals surface area contributed by atoms with Crippen LogP contribution in [-0.2, 0) is 0 Å². The molecule has 0 bridgehead atoms. The predicted molar refractivity (Wildman–Crippen MR) is 76.6 cm³/mol. The maximum absolute atomic E-state index is 13.4. The molecular weight excluding hydrogens is 344 g/mol. The lowest BCUT2D eigenvalue weighted by atomic mass is 10.2. The van der Waals surface area contributed by atoms with E-state index in [0.717, 1.165) is 16.6 Å². The van der Waals surface area contributed by atoms with Crippen molar-refractivity contribution in [3.63, 3.8) is 0 Å². The third-order valence-electron chi connectivity index (χ3n) is 2.85. The van der Waals surface area contributed by atoms with Gasteiger partial charge in [0.25, 0.3) is 0 Å². The second kappa shape index (κ2) is 5.21. The van der Waals surface area contributed by atoms with E-state index in [1.165, 1.54) is 10.7 Å². The van der Waals surface area contributed by atoms with Gasteiger partial charge < -0.3 is 5.73 Å².